The molecule has 0 radical (unpaired) electrons. The fraction of sp³-hybridized carbons (Fsp3) is 0.733. The number of halogens is 1. The van der Waals surface area contributed by atoms with Gasteiger partial charge >= 0.3 is 0 Å². The van der Waals surface area contributed by atoms with E-state index < -0.39 is 0 Å². The molecule has 0 N–H and O–H groups in total. The molecule has 1 saturated heterocycles. The maximum Gasteiger partial charge on any atom is 0.228 e. The molecule has 1 aromatic rings. The van der Waals surface area contributed by atoms with Crippen molar-refractivity contribution < 1.29 is 4.79 Å². The lowest BCUT2D eigenvalue weighted by Gasteiger charge is -2.34. The summed E-state index contributed by atoms with van der Waals surface area (Å²) < 4.78 is 1.72. The third kappa shape index (κ3) is 3.17. The first-order chi connectivity index (χ1) is 9.30. The summed E-state index contributed by atoms with van der Waals surface area (Å²) in [6.45, 7) is 6.71. The van der Waals surface area contributed by atoms with Crippen molar-refractivity contribution in [2.75, 3.05) is 6.54 Å². The summed E-state index contributed by atoms with van der Waals surface area (Å²) in [5.74, 6) is 0.186. The number of nitrogens with zero attached hydrogens (tertiary/aromatic N) is 3. The van der Waals surface area contributed by atoms with E-state index >= 15 is 0 Å². The summed E-state index contributed by atoms with van der Waals surface area (Å²) in [7, 11) is 1.86. The number of rotatable bonds is 1. The molecule has 1 aromatic heterocycles. The number of hydrogen-bond acceptors (Lipinski definition) is 2. The number of amides is 1. The van der Waals surface area contributed by atoms with E-state index in [2.05, 4.69) is 5.10 Å². The minimum atomic E-state index is -0.371. The molecule has 2 rings (SSSR count). The molecular weight excluding hydrogens is 274 g/mol. The number of aryl methyl sites for hydroxylation is 1. The van der Waals surface area contributed by atoms with Gasteiger partial charge in [-0.3, -0.25) is 9.48 Å². The van der Waals surface area contributed by atoms with Gasteiger partial charge in [-0.05, 0) is 12.8 Å². The fourth-order valence-corrected chi connectivity index (χ4v) is 3.07. The molecule has 0 bridgehead atoms. The Morgan fingerprint density at radius 3 is 2.60 bits per heavy atom. The van der Waals surface area contributed by atoms with Crippen molar-refractivity contribution in [3.8, 4) is 0 Å². The quantitative estimate of drug-likeness (QED) is 0.795. The third-order valence-electron chi connectivity index (χ3n) is 3.78. The Labute approximate surface area is 126 Å². The van der Waals surface area contributed by atoms with Crippen LogP contribution < -0.4 is 0 Å². The van der Waals surface area contributed by atoms with Gasteiger partial charge < -0.3 is 4.90 Å². The van der Waals surface area contributed by atoms with Crippen LogP contribution in [0, 0.1) is 5.41 Å². The first kappa shape index (κ1) is 15.4. The van der Waals surface area contributed by atoms with Crippen LogP contribution in [0.15, 0.2) is 6.20 Å². The van der Waals surface area contributed by atoms with E-state index in [9.17, 15) is 4.79 Å². The van der Waals surface area contributed by atoms with Crippen LogP contribution in [0.5, 0.6) is 0 Å². The van der Waals surface area contributed by atoms with Crippen molar-refractivity contribution in [3.63, 3.8) is 0 Å². The summed E-state index contributed by atoms with van der Waals surface area (Å²) >= 11 is 6.29. The van der Waals surface area contributed by atoms with E-state index in [0.717, 1.165) is 37.9 Å². The second kappa shape index (κ2) is 5.76. The second-order valence-corrected chi connectivity index (χ2v) is 7.06. The monoisotopic (exact) mass is 297 g/mol. The van der Waals surface area contributed by atoms with Crippen LogP contribution in [-0.2, 0) is 11.8 Å². The van der Waals surface area contributed by atoms with Gasteiger partial charge in [0.1, 0.15) is 5.69 Å². The Bertz CT molecular complexity index is 490. The van der Waals surface area contributed by atoms with Crippen LogP contribution in [0.25, 0.3) is 0 Å². The number of aromatic nitrogens is 2. The molecule has 1 aliphatic heterocycles. The lowest BCUT2D eigenvalue weighted by atomic mass is 9.93. The van der Waals surface area contributed by atoms with Gasteiger partial charge in [-0.1, -0.05) is 45.2 Å². The second-order valence-electron chi connectivity index (χ2n) is 6.65. The van der Waals surface area contributed by atoms with Gasteiger partial charge in [-0.2, -0.15) is 5.10 Å². The van der Waals surface area contributed by atoms with Crippen molar-refractivity contribution >= 4 is 17.5 Å². The van der Waals surface area contributed by atoms with Crippen molar-refractivity contribution in [1.82, 2.24) is 14.7 Å². The molecular formula is C15H24ClN3O. The number of carbonyl (C=O) groups is 1. The molecule has 0 unspecified atom stereocenters. The standard InChI is InChI=1S/C15H24ClN3O/c1-15(2,3)14(20)19-9-7-5-6-8-12(19)13-11(16)10-18(4)17-13/h10,12H,5-9H2,1-4H3/t12-/m1/s1. The molecule has 0 spiro atoms. The normalized spacial score (nSPS) is 20.9. The molecule has 2 heterocycles. The molecule has 20 heavy (non-hydrogen) atoms. The van der Waals surface area contributed by atoms with Crippen LogP contribution >= 0.6 is 11.6 Å². The van der Waals surface area contributed by atoms with Crippen molar-refractivity contribution in [3.05, 3.63) is 16.9 Å². The maximum atomic E-state index is 12.7. The molecule has 0 aliphatic carbocycles. The first-order valence-corrected chi connectivity index (χ1v) is 7.68. The van der Waals surface area contributed by atoms with E-state index in [1.165, 1.54) is 0 Å². The molecule has 1 aliphatic rings. The lowest BCUT2D eigenvalue weighted by molar-refractivity contribution is -0.142. The summed E-state index contributed by atoms with van der Waals surface area (Å²) in [5, 5.41) is 5.14. The Kier molecular flexibility index (Phi) is 4.43. The summed E-state index contributed by atoms with van der Waals surface area (Å²) in [6.07, 6.45) is 6.09. The third-order valence-corrected chi connectivity index (χ3v) is 4.07. The zero-order valence-electron chi connectivity index (χ0n) is 12.8. The highest BCUT2D eigenvalue weighted by Crippen LogP contribution is 2.35. The molecule has 0 aromatic carbocycles. The van der Waals surface area contributed by atoms with Crippen molar-refractivity contribution in [2.24, 2.45) is 12.5 Å². The van der Waals surface area contributed by atoms with Gasteiger partial charge in [-0.15, -0.1) is 0 Å². The van der Waals surface area contributed by atoms with Gasteiger partial charge in [0.25, 0.3) is 0 Å². The number of carbonyl (C=O) groups excluding carboxylic acids is 1. The maximum absolute atomic E-state index is 12.7. The van der Waals surface area contributed by atoms with Crippen LogP contribution in [0.2, 0.25) is 5.02 Å². The smallest absolute Gasteiger partial charge is 0.228 e. The van der Waals surface area contributed by atoms with Gasteiger partial charge in [0.2, 0.25) is 5.91 Å². The SMILES string of the molecule is Cn1cc(Cl)c([C@H]2CCCCCN2C(=O)C(C)(C)C)n1. The number of hydrogen-bond donors (Lipinski definition) is 0. The molecule has 112 valence electrons. The van der Waals surface area contributed by atoms with E-state index in [4.69, 9.17) is 11.6 Å². The minimum absolute atomic E-state index is 0.0120. The fourth-order valence-electron chi connectivity index (χ4n) is 2.77. The van der Waals surface area contributed by atoms with Crippen LogP contribution in [0.3, 0.4) is 0 Å². The summed E-state index contributed by atoms with van der Waals surface area (Å²) in [4.78, 5) is 14.7. The molecule has 1 amide bonds. The van der Waals surface area contributed by atoms with Gasteiger partial charge in [-0.25, -0.2) is 0 Å². The first-order valence-electron chi connectivity index (χ1n) is 7.31. The average Bonchev–Trinajstić information content (AvgIpc) is 2.57. The van der Waals surface area contributed by atoms with E-state index in [0.29, 0.717) is 5.02 Å². The van der Waals surface area contributed by atoms with Crippen LogP contribution in [-0.4, -0.2) is 27.1 Å². The largest absolute Gasteiger partial charge is 0.334 e. The summed E-state index contributed by atoms with van der Waals surface area (Å²) in [6, 6.07) is 0.0120. The predicted molar refractivity (Wildman–Crippen MR) is 80.6 cm³/mol. The van der Waals surface area contributed by atoms with Crippen LogP contribution in [0.4, 0.5) is 0 Å². The summed E-state index contributed by atoms with van der Waals surface area (Å²) in [5.41, 5.74) is 0.470. The Hall–Kier alpha value is -1.03. The van der Waals surface area contributed by atoms with E-state index in [1.54, 1.807) is 4.68 Å². The zero-order chi connectivity index (χ0) is 14.9. The van der Waals surface area contributed by atoms with Gasteiger partial charge in [0.05, 0.1) is 11.1 Å². The highest BCUT2D eigenvalue weighted by molar-refractivity contribution is 6.31. The van der Waals surface area contributed by atoms with E-state index in [-0.39, 0.29) is 17.4 Å². The Balaban J connectivity index is 2.35. The average molecular weight is 298 g/mol. The van der Waals surface area contributed by atoms with E-state index in [1.807, 2.05) is 38.9 Å². The van der Waals surface area contributed by atoms with Crippen LogP contribution in [0.1, 0.15) is 58.2 Å². The van der Waals surface area contributed by atoms with Gasteiger partial charge in [0.15, 0.2) is 0 Å². The minimum Gasteiger partial charge on any atom is -0.334 e. The molecule has 4 nitrogen and oxygen atoms in total. The molecule has 1 atom stereocenters. The topological polar surface area (TPSA) is 38.1 Å². The highest BCUT2D eigenvalue weighted by Gasteiger charge is 2.35. The lowest BCUT2D eigenvalue weighted by Crippen LogP contribution is -2.42. The molecule has 1 fully saturated rings. The molecule has 5 heteroatoms. The molecule has 0 saturated carbocycles. The van der Waals surface area contributed by atoms with Crippen molar-refractivity contribution in [1.29, 1.82) is 0 Å². The van der Waals surface area contributed by atoms with Gasteiger partial charge in [0, 0.05) is 25.2 Å². The van der Waals surface area contributed by atoms with Crippen molar-refractivity contribution in [2.45, 2.75) is 52.5 Å². The highest BCUT2D eigenvalue weighted by atomic mass is 35.5. The zero-order valence-corrected chi connectivity index (χ0v) is 13.6. The predicted octanol–water partition coefficient (Wildman–Crippen LogP) is 3.56. The Morgan fingerprint density at radius 1 is 1.35 bits per heavy atom. The number of likely N-dealkylation sites (tertiary alicyclic amines) is 1. The Morgan fingerprint density at radius 2 is 2.05 bits per heavy atom.